The number of benzene rings is 1. The van der Waals surface area contributed by atoms with Gasteiger partial charge in [0.1, 0.15) is 0 Å². The van der Waals surface area contributed by atoms with Crippen LogP contribution < -0.4 is 16.0 Å². The quantitative estimate of drug-likeness (QED) is 0.435. The van der Waals surface area contributed by atoms with Crippen molar-refractivity contribution < 1.29 is 4.79 Å². The van der Waals surface area contributed by atoms with Crippen molar-refractivity contribution in [2.24, 2.45) is 0 Å². The Morgan fingerprint density at radius 2 is 1.76 bits per heavy atom. The number of amides is 2. The predicted octanol–water partition coefficient (Wildman–Crippen LogP) is 2.94. The Balaban J connectivity index is 2.68. The Bertz CT molecular complexity index is 493. The highest BCUT2D eigenvalue weighted by Crippen LogP contribution is 2.29. The second-order valence-electron chi connectivity index (χ2n) is 4.28. The SMILES string of the molecule is CN(C)C(=O)N[C@H](NC(=S)Nc1ccccc1)C(Cl)(Cl)Cl. The smallest absolute Gasteiger partial charge is 0.318 e. The highest BCUT2D eigenvalue weighted by molar-refractivity contribution is 7.80. The van der Waals surface area contributed by atoms with E-state index in [4.69, 9.17) is 47.0 Å². The Hall–Kier alpha value is -0.950. The number of hydrogen-bond acceptors (Lipinski definition) is 2. The Kier molecular flexibility index (Phi) is 6.80. The van der Waals surface area contributed by atoms with E-state index in [2.05, 4.69) is 16.0 Å². The maximum absolute atomic E-state index is 11.7. The third kappa shape index (κ3) is 6.56. The molecule has 1 rings (SSSR count). The molecule has 2 amide bonds. The molecule has 0 radical (unpaired) electrons. The van der Waals surface area contributed by atoms with Crippen molar-refractivity contribution in [2.45, 2.75) is 9.96 Å². The molecule has 0 aliphatic heterocycles. The molecule has 21 heavy (non-hydrogen) atoms. The van der Waals surface area contributed by atoms with Crippen LogP contribution in [0.15, 0.2) is 30.3 Å². The van der Waals surface area contributed by atoms with Gasteiger partial charge in [0, 0.05) is 19.8 Å². The molecule has 0 spiro atoms. The van der Waals surface area contributed by atoms with Gasteiger partial charge in [0.05, 0.1) is 0 Å². The summed E-state index contributed by atoms with van der Waals surface area (Å²) in [6.45, 7) is 0. The number of hydrogen-bond donors (Lipinski definition) is 3. The molecule has 5 nitrogen and oxygen atoms in total. The Labute approximate surface area is 143 Å². The first-order valence-electron chi connectivity index (χ1n) is 5.87. The van der Waals surface area contributed by atoms with E-state index in [0.717, 1.165) is 5.69 Å². The molecule has 0 bridgehead atoms. The van der Waals surface area contributed by atoms with E-state index in [1.165, 1.54) is 4.90 Å². The predicted molar refractivity (Wildman–Crippen MR) is 92.1 cm³/mol. The second-order valence-corrected chi connectivity index (χ2v) is 7.06. The summed E-state index contributed by atoms with van der Waals surface area (Å²) in [4.78, 5) is 13.0. The molecule has 0 fully saturated rings. The van der Waals surface area contributed by atoms with Crippen molar-refractivity contribution in [1.29, 1.82) is 0 Å². The highest BCUT2D eigenvalue weighted by atomic mass is 35.6. The number of halogens is 3. The van der Waals surface area contributed by atoms with Crippen molar-refractivity contribution in [3.05, 3.63) is 30.3 Å². The van der Waals surface area contributed by atoms with Gasteiger partial charge in [-0.3, -0.25) is 0 Å². The van der Waals surface area contributed by atoms with E-state index < -0.39 is 16.0 Å². The lowest BCUT2D eigenvalue weighted by Gasteiger charge is -2.28. The van der Waals surface area contributed by atoms with Crippen molar-refractivity contribution in [3.8, 4) is 0 Å². The topological polar surface area (TPSA) is 56.4 Å². The van der Waals surface area contributed by atoms with Crippen LogP contribution in [-0.4, -0.2) is 40.1 Å². The van der Waals surface area contributed by atoms with E-state index in [-0.39, 0.29) is 5.11 Å². The number of urea groups is 1. The zero-order valence-electron chi connectivity index (χ0n) is 11.4. The van der Waals surface area contributed by atoms with Gasteiger partial charge >= 0.3 is 6.03 Å². The summed E-state index contributed by atoms with van der Waals surface area (Å²) < 4.78 is -1.77. The lowest BCUT2D eigenvalue weighted by atomic mass is 10.3. The molecule has 0 unspecified atom stereocenters. The fraction of sp³-hybridized carbons (Fsp3) is 0.333. The van der Waals surface area contributed by atoms with Crippen molar-refractivity contribution >= 4 is 63.9 Å². The largest absolute Gasteiger partial charge is 0.339 e. The average Bonchev–Trinajstić information content (AvgIpc) is 2.37. The molecule has 116 valence electrons. The van der Waals surface area contributed by atoms with Crippen LogP contribution in [0.5, 0.6) is 0 Å². The number of nitrogens with zero attached hydrogens (tertiary/aromatic N) is 1. The van der Waals surface area contributed by atoms with Gasteiger partial charge < -0.3 is 20.9 Å². The van der Waals surface area contributed by atoms with E-state index >= 15 is 0 Å². The van der Waals surface area contributed by atoms with Gasteiger partial charge in [-0.15, -0.1) is 0 Å². The van der Waals surface area contributed by atoms with E-state index in [1.807, 2.05) is 30.3 Å². The van der Waals surface area contributed by atoms with Gasteiger partial charge in [-0.2, -0.15) is 0 Å². The highest BCUT2D eigenvalue weighted by Gasteiger charge is 2.35. The standard InChI is InChI=1S/C12H15Cl3N4OS/c1-19(2)11(20)18-9(12(13,14)15)17-10(21)16-8-6-4-3-5-7-8/h3-7,9H,1-2H3,(H,18,20)(H2,16,17,21)/t9-/m0/s1. The lowest BCUT2D eigenvalue weighted by molar-refractivity contribution is 0.212. The van der Waals surface area contributed by atoms with Crippen LogP contribution in [0.4, 0.5) is 10.5 Å². The molecule has 1 atom stereocenters. The first-order valence-corrected chi connectivity index (χ1v) is 7.41. The van der Waals surface area contributed by atoms with Gasteiger partial charge in [-0.1, -0.05) is 53.0 Å². The van der Waals surface area contributed by atoms with Crippen LogP contribution in [0.25, 0.3) is 0 Å². The summed E-state index contributed by atoms with van der Waals surface area (Å²) in [5.41, 5.74) is 0.775. The number of anilines is 1. The normalized spacial score (nSPS) is 12.2. The number of para-hydroxylation sites is 1. The maximum atomic E-state index is 11.7. The van der Waals surface area contributed by atoms with Gasteiger partial charge in [-0.25, -0.2) is 4.79 Å². The van der Waals surface area contributed by atoms with Gasteiger partial charge in [0.2, 0.25) is 3.79 Å². The van der Waals surface area contributed by atoms with Crippen molar-refractivity contribution in [3.63, 3.8) is 0 Å². The summed E-state index contributed by atoms with van der Waals surface area (Å²) >= 11 is 22.7. The van der Waals surface area contributed by atoms with Crippen molar-refractivity contribution in [1.82, 2.24) is 15.5 Å². The summed E-state index contributed by atoms with van der Waals surface area (Å²) in [5, 5.41) is 8.43. The maximum Gasteiger partial charge on any atom is 0.318 e. The molecule has 1 aromatic carbocycles. The van der Waals surface area contributed by atoms with Crippen LogP contribution in [0.3, 0.4) is 0 Å². The van der Waals surface area contributed by atoms with E-state index in [0.29, 0.717) is 0 Å². The van der Waals surface area contributed by atoms with E-state index in [1.54, 1.807) is 14.1 Å². The first kappa shape index (κ1) is 18.1. The molecule has 1 aromatic rings. The minimum Gasteiger partial charge on any atom is -0.339 e. The molecular weight excluding hydrogens is 355 g/mol. The number of rotatable bonds is 3. The van der Waals surface area contributed by atoms with Gasteiger partial charge in [0.25, 0.3) is 0 Å². The Morgan fingerprint density at radius 3 is 2.24 bits per heavy atom. The molecular formula is C12H15Cl3N4OS. The van der Waals surface area contributed by atoms with Gasteiger partial charge in [0.15, 0.2) is 11.3 Å². The third-order valence-corrected chi connectivity index (χ3v) is 3.18. The number of thiocarbonyl (C=S) groups is 1. The molecule has 0 aliphatic rings. The molecule has 0 aromatic heterocycles. The second kappa shape index (κ2) is 7.89. The van der Waals surface area contributed by atoms with Crippen LogP contribution >= 0.6 is 47.0 Å². The zero-order valence-corrected chi connectivity index (χ0v) is 14.4. The lowest BCUT2D eigenvalue weighted by Crippen LogP contribution is -2.57. The minimum atomic E-state index is -1.77. The Morgan fingerprint density at radius 1 is 1.19 bits per heavy atom. The summed E-state index contributed by atoms with van der Waals surface area (Å²) in [5.74, 6) is 0. The number of carbonyl (C=O) groups is 1. The average molecular weight is 370 g/mol. The summed E-state index contributed by atoms with van der Waals surface area (Å²) in [7, 11) is 3.15. The van der Waals surface area contributed by atoms with Gasteiger partial charge in [-0.05, 0) is 24.4 Å². The van der Waals surface area contributed by atoms with E-state index in [9.17, 15) is 4.79 Å². The summed E-state index contributed by atoms with van der Waals surface area (Å²) in [6, 6.07) is 8.83. The third-order valence-electron chi connectivity index (χ3n) is 2.31. The molecule has 9 heteroatoms. The van der Waals surface area contributed by atoms with Crippen molar-refractivity contribution in [2.75, 3.05) is 19.4 Å². The fourth-order valence-electron chi connectivity index (χ4n) is 1.27. The molecule has 3 N–H and O–H groups in total. The number of alkyl halides is 3. The molecule has 0 saturated carbocycles. The monoisotopic (exact) mass is 368 g/mol. The van der Waals surface area contributed by atoms with Crippen LogP contribution in [0.2, 0.25) is 0 Å². The summed E-state index contributed by atoms with van der Waals surface area (Å²) in [6.07, 6.45) is -0.985. The fourth-order valence-corrected chi connectivity index (χ4v) is 1.84. The molecule has 0 saturated heterocycles. The molecule has 0 aliphatic carbocycles. The van der Waals surface area contributed by atoms with Crippen LogP contribution in [-0.2, 0) is 0 Å². The molecule has 0 heterocycles. The first-order chi connectivity index (χ1) is 9.70. The number of nitrogens with one attached hydrogen (secondary N) is 3. The van der Waals surface area contributed by atoms with Crippen LogP contribution in [0.1, 0.15) is 0 Å². The zero-order chi connectivity index (χ0) is 16.0. The minimum absolute atomic E-state index is 0.219. The van der Waals surface area contributed by atoms with Crippen LogP contribution in [0, 0.1) is 0 Å². The number of carbonyl (C=O) groups excluding carboxylic acids is 1.